The van der Waals surface area contributed by atoms with E-state index in [1.807, 2.05) is 42.5 Å². The molecule has 3 rings (SSSR count). The summed E-state index contributed by atoms with van der Waals surface area (Å²) >= 11 is 0. The fourth-order valence-electron chi connectivity index (χ4n) is 5.12. The average Bonchev–Trinajstić information content (AvgIpc) is 3.39. The predicted molar refractivity (Wildman–Crippen MR) is 176 cm³/mol. The van der Waals surface area contributed by atoms with Crippen LogP contribution in [0.25, 0.3) is 6.08 Å². The van der Waals surface area contributed by atoms with Crippen molar-refractivity contribution in [1.29, 1.82) is 0 Å². The first-order chi connectivity index (χ1) is 21.1. The van der Waals surface area contributed by atoms with Gasteiger partial charge >= 0.3 is 5.97 Å². The SMILES string of the molecule is CCCCCCCCCCCCOc1ccc(C2=N/C(=C\c3ccc(OCCCCCCCC)c(OC)c3)C(=O)O2)cc1. The zero-order valence-corrected chi connectivity index (χ0v) is 26.8. The Labute approximate surface area is 259 Å². The van der Waals surface area contributed by atoms with Gasteiger partial charge in [-0.25, -0.2) is 9.79 Å². The van der Waals surface area contributed by atoms with Crippen molar-refractivity contribution in [3.05, 3.63) is 59.3 Å². The molecule has 0 radical (unpaired) electrons. The van der Waals surface area contributed by atoms with Crippen molar-refractivity contribution in [1.82, 2.24) is 0 Å². The molecule has 1 heterocycles. The normalized spacial score (nSPS) is 13.7. The van der Waals surface area contributed by atoms with Crippen molar-refractivity contribution in [3.63, 3.8) is 0 Å². The number of cyclic esters (lactones) is 1. The molecule has 0 atom stereocenters. The van der Waals surface area contributed by atoms with Crippen LogP contribution in [0.4, 0.5) is 0 Å². The lowest BCUT2D eigenvalue weighted by atomic mass is 10.1. The van der Waals surface area contributed by atoms with E-state index < -0.39 is 5.97 Å². The van der Waals surface area contributed by atoms with E-state index in [0.29, 0.717) is 30.6 Å². The Morgan fingerprint density at radius 2 is 1.23 bits per heavy atom. The Bertz CT molecular complexity index is 1140. The fraction of sp³-hybridized carbons (Fsp3) is 0.568. The quantitative estimate of drug-likeness (QED) is 0.0731. The first-order valence-electron chi connectivity index (χ1n) is 16.7. The van der Waals surface area contributed by atoms with E-state index >= 15 is 0 Å². The van der Waals surface area contributed by atoms with Crippen LogP contribution < -0.4 is 14.2 Å². The van der Waals surface area contributed by atoms with Gasteiger partial charge in [0.2, 0.25) is 5.90 Å². The molecule has 2 aromatic carbocycles. The molecule has 2 aromatic rings. The zero-order chi connectivity index (χ0) is 30.5. The minimum absolute atomic E-state index is 0.249. The molecule has 6 nitrogen and oxygen atoms in total. The molecule has 236 valence electrons. The number of methoxy groups -OCH3 is 1. The number of benzene rings is 2. The van der Waals surface area contributed by atoms with Gasteiger partial charge in [0, 0.05) is 5.56 Å². The summed E-state index contributed by atoms with van der Waals surface area (Å²) in [5, 5.41) is 0. The van der Waals surface area contributed by atoms with Crippen LogP contribution in [0.2, 0.25) is 0 Å². The van der Waals surface area contributed by atoms with Gasteiger partial charge in [0.15, 0.2) is 17.2 Å². The van der Waals surface area contributed by atoms with E-state index in [1.165, 1.54) is 89.9 Å². The van der Waals surface area contributed by atoms with Crippen molar-refractivity contribution in [2.75, 3.05) is 20.3 Å². The highest BCUT2D eigenvalue weighted by atomic mass is 16.6. The highest BCUT2D eigenvalue weighted by molar-refractivity contribution is 6.12. The van der Waals surface area contributed by atoms with Crippen LogP contribution in [-0.4, -0.2) is 32.2 Å². The van der Waals surface area contributed by atoms with Gasteiger partial charge in [-0.3, -0.25) is 0 Å². The third kappa shape index (κ3) is 12.9. The van der Waals surface area contributed by atoms with Crippen LogP contribution in [-0.2, 0) is 9.53 Å². The molecule has 0 amide bonds. The number of aliphatic imine (C=N–C) groups is 1. The molecule has 0 aromatic heterocycles. The van der Waals surface area contributed by atoms with E-state index in [-0.39, 0.29) is 5.70 Å². The molecule has 0 unspecified atom stereocenters. The minimum Gasteiger partial charge on any atom is -0.494 e. The maximum absolute atomic E-state index is 12.6. The molecule has 1 aliphatic heterocycles. The van der Waals surface area contributed by atoms with E-state index in [1.54, 1.807) is 13.2 Å². The van der Waals surface area contributed by atoms with Gasteiger partial charge in [0.25, 0.3) is 0 Å². The predicted octanol–water partition coefficient (Wildman–Crippen LogP) is 10.1. The first kappa shape index (κ1) is 34.2. The van der Waals surface area contributed by atoms with E-state index in [0.717, 1.165) is 29.7 Å². The molecule has 0 N–H and O–H groups in total. The van der Waals surface area contributed by atoms with Gasteiger partial charge in [-0.15, -0.1) is 0 Å². The van der Waals surface area contributed by atoms with Gasteiger partial charge < -0.3 is 18.9 Å². The van der Waals surface area contributed by atoms with Gasteiger partial charge in [-0.2, -0.15) is 0 Å². The molecule has 1 aliphatic rings. The number of nitrogens with zero attached hydrogens (tertiary/aromatic N) is 1. The number of esters is 1. The number of carbonyl (C=O) groups is 1. The Kier molecular flexibility index (Phi) is 16.4. The van der Waals surface area contributed by atoms with Crippen LogP contribution in [0.3, 0.4) is 0 Å². The summed E-state index contributed by atoms with van der Waals surface area (Å²) in [4.78, 5) is 17.0. The number of ether oxygens (including phenoxy) is 4. The maximum atomic E-state index is 12.6. The van der Waals surface area contributed by atoms with Crippen molar-refractivity contribution in [2.24, 2.45) is 4.99 Å². The molecule has 0 bridgehead atoms. The number of carbonyl (C=O) groups excluding carboxylic acids is 1. The molecule has 0 saturated heterocycles. The third-order valence-corrected chi connectivity index (χ3v) is 7.73. The largest absolute Gasteiger partial charge is 0.494 e. The fourth-order valence-corrected chi connectivity index (χ4v) is 5.12. The van der Waals surface area contributed by atoms with Crippen LogP contribution in [0, 0.1) is 0 Å². The summed E-state index contributed by atoms with van der Waals surface area (Å²) in [5.74, 6) is 1.96. The topological polar surface area (TPSA) is 66.3 Å². The van der Waals surface area contributed by atoms with Gasteiger partial charge in [0.1, 0.15) is 5.75 Å². The zero-order valence-electron chi connectivity index (χ0n) is 26.8. The molecule has 0 fully saturated rings. The second kappa shape index (κ2) is 20.6. The van der Waals surface area contributed by atoms with E-state index in [9.17, 15) is 4.79 Å². The number of hydrogen-bond donors (Lipinski definition) is 0. The van der Waals surface area contributed by atoms with Gasteiger partial charge in [-0.1, -0.05) is 110 Å². The average molecular weight is 592 g/mol. The summed E-state index contributed by atoms with van der Waals surface area (Å²) < 4.78 is 22.9. The van der Waals surface area contributed by atoms with Crippen molar-refractivity contribution >= 4 is 17.9 Å². The summed E-state index contributed by atoms with van der Waals surface area (Å²) in [6.07, 6.45) is 22.0. The Hall–Kier alpha value is -3.28. The highest BCUT2D eigenvalue weighted by Gasteiger charge is 2.24. The summed E-state index contributed by atoms with van der Waals surface area (Å²) in [6, 6.07) is 13.2. The molecule has 0 spiro atoms. The van der Waals surface area contributed by atoms with Crippen LogP contribution in [0.5, 0.6) is 17.2 Å². The number of unbranched alkanes of at least 4 members (excludes halogenated alkanes) is 14. The number of hydrogen-bond acceptors (Lipinski definition) is 6. The maximum Gasteiger partial charge on any atom is 0.363 e. The summed E-state index contributed by atoms with van der Waals surface area (Å²) in [6.45, 7) is 5.86. The molecule has 43 heavy (non-hydrogen) atoms. The highest BCUT2D eigenvalue weighted by Crippen LogP contribution is 2.30. The minimum atomic E-state index is -0.473. The lowest BCUT2D eigenvalue weighted by molar-refractivity contribution is -0.129. The second-order valence-corrected chi connectivity index (χ2v) is 11.4. The third-order valence-electron chi connectivity index (χ3n) is 7.73. The van der Waals surface area contributed by atoms with Crippen LogP contribution >= 0.6 is 0 Å². The summed E-state index contributed by atoms with van der Waals surface area (Å²) in [5.41, 5.74) is 1.77. The van der Waals surface area contributed by atoms with E-state index in [4.69, 9.17) is 18.9 Å². The van der Waals surface area contributed by atoms with Crippen LogP contribution in [0.15, 0.2) is 53.2 Å². The molecular formula is C37H53NO5. The second-order valence-electron chi connectivity index (χ2n) is 11.4. The Morgan fingerprint density at radius 3 is 1.81 bits per heavy atom. The summed E-state index contributed by atoms with van der Waals surface area (Å²) in [7, 11) is 1.62. The molecule has 6 heteroatoms. The van der Waals surface area contributed by atoms with Crippen molar-refractivity contribution < 1.29 is 23.7 Å². The van der Waals surface area contributed by atoms with Crippen molar-refractivity contribution in [2.45, 2.75) is 117 Å². The van der Waals surface area contributed by atoms with Crippen molar-refractivity contribution in [3.8, 4) is 17.2 Å². The monoisotopic (exact) mass is 591 g/mol. The van der Waals surface area contributed by atoms with Crippen LogP contribution in [0.1, 0.15) is 128 Å². The Balaban J connectivity index is 1.43. The van der Waals surface area contributed by atoms with E-state index in [2.05, 4.69) is 18.8 Å². The smallest absolute Gasteiger partial charge is 0.363 e. The lowest BCUT2D eigenvalue weighted by Gasteiger charge is -2.11. The molecule has 0 aliphatic carbocycles. The molecular weight excluding hydrogens is 538 g/mol. The van der Waals surface area contributed by atoms with Gasteiger partial charge in [0.05, 0.1) is 20.3 Å². The first-order valence-corrected chi connectivity index (χ1v) is 16.7. The molecule has 0 saturated carbocycles. The Morgan fingerprint density at radius 1 is 0.674 bits per heavy atom. The number of rotatable bonds is 23. The van der Waals surface area contributed by atoms with Gasteiger partial charge in [-0.05, 0) is 60.9 Å². The standard InChI is InChI=1S/C37H53NO5/c1-4-6-8-10-12-13-14-15-17-18-26-41-32-23-21-31(22-24-32)36-38-33(37(39)43-36)28-30-20-25-34(35(29-30)40-3)42-27-19-16-11-9-7-5-2/h20-25,28-29H,4-19,26-27H2,1-3H3/b33-28-. The lowest BCUT2D eigenvalue weighted by Crippen LogP contribution is -2.05.